The number of imide groups is 2. The van der Waals surface area contributed by atoms with Gasteiger partial charge in [0.15, 0.2) is 23.0 Å². The van der Waals surface area contributed by atoms with E-state index in [1.165, 1.54) is 27.1 Å². The highest BCUT2D eigenvalue weighted by Crippen LogP contribution is 2.43. The number of nitrogens with zero attached hydrogens (tertiary/aromatic N) is 10. The number of amides is 6. The lowest BCUT2D eigenvalue weighted by Gasteiger charge is -2.39. The van der Waals surface area contributed by atoms with Crippen molar-refractivity contribution < 1.29 is 47.7 Å². The summed E-state index contributed by atoms with van der Waals surface area (Å²) >= 11 is 0. The Balaban J connectivity index is 0.000000195. The molecule has 4 aliphatic heterocycles. The molecule has 0 unspecified atom stereocenters. The second-order valence-corrected chi connectivity index (χ2v) is 24.5. The SMILES string of the molecule is COc1ccc([C@@H](CCCNC(=O)c2cn(C)cn2)N2C(=O)c3cccc(N4CCN([C@H](C)c5ccccc5)CC4)c3C2=O)cc1OC.COc1ccc([C@@H](CCCNC(=O)c2cncn2C)N2C(=O)c3cccc(N4CCN([C@H](C)c5ccccc5)CC4)c3C2=O)cc1OC. The summed E-state index contributed by atoms with van der Waals surface area (Å²) < 4.78 is 25.4. The molecule has 0 spiro atoms. The van der Waals surface area contributed by atoms with Gasteiger partial charge in [-0.05, 0) is 110 Å². The number of benzene rings is 6. The van der Waals surface area contributed by atoms with E-state index in [2.05, 4.69) is 103 Å². The van der Waals surface area contributed by atoms with E-state index in [1.807, 2.05) is 60.7 Å². The fourth-order valence-electron chi connectivity index (χ4n) is 13.5. The number of ether oxygens (including phenoxy) is 4. The quantitative estimate of drug-likeness (QED) is 0.0425. The number of imidazole rings is 2. The van der Waals surface area contributed by atoms with Gasteiger partial charge in [0, 0.05) is 97.8 Å². The maximum absolute atomic E-state index is 14.4. The number of hydrogen-bond acceptors (Lipinski definition) is 16. The lowest BCUT2D eigenvalue weighted by molar-refractivity contribution is 0.0556. The monoisotopic (exact) mass is 1300 g/mol. The van der Waals surface area contributed by atoms with Gasteiger partial charge in [-0.25, -0.2) is 9.97 Å². The van der Waals surface area contributed by atoms with Crippen LogP contribution in [0.5, 0.6) is 23.0 Å². The first-order valence-electron chi connectivity index (χ1n) is 32.7. The van der Waals surface area contributed by atoms with Crippen LogP contribution in [0.15, 0.2) is 159 Å². The predicted octanol–water partition coefficient (Wildman–Crippen LogP) is 9.74. The van der Waals surface area contributed by atoms with Crippen LogP contribution in [0, 0.1) is 0 Å². The Morgan fingerprint density at radius 1 is 0.490 bits per heavy atom. The molecule has 22 heteroatoms. The zero-order chi connectivity index (χ0) is 67.6. The van der Waals surface area contributed by atoms with Gasteiger partial charge >= 0.3 is 0 Å². The van der Waals surface area contributed by atoms with Gasteiger partial charge in [0.25, 0.3) is 35.4 Å². The number of carbonyl (C=O) groups excluding carboxylic acids is 6. The standard InChI is InChI=1S/2C37H42N6O5/c1-25(26-10-6-5-7-11-26)41-18-20-42(21-19-41)31-13-8-12-28-34(31)37(46)43(36(28)45)30(27-15-16-32(47-3)33(22-27)48-4)14-9-17-38-35(44)29-23-40(2)24-39-29;1-25(26-10-6-5-7-11-26)41-18-20-42(21-19-41)30-13-8-12-28-34(30)37(46)43(36(28)45)29(27-15-16-32(47-3)33(22-27)48-4)14-9-17-39-35(44)31-23-38-24-40(31)2/h5-8,10-13,15-16,22-25,30H,9,14,17-21H2,1-4H3,(H,38,44);5-8,10-13,15-16,22-25,29H,9,14,17-21H2,1-4H3,(H,39,44)/t25-,30-;25-,29-/m11/s1. The molecule has 2 saturated heterocycles. The number of aromatic nitrogens is 4. The second kappa shape index (κ2) is 30.4. The van der Waals surface area contributed by atoms with Crippen molar-refractivity contribution >= 4 is 46.8 Å². The summed E-state index contributed by atoms with van der Waals surface area (Å²) in [5.74, 6) is 0.308. The Kier molecular flexibility index (Phi) is 21.2. The molecule has 6 aromatic carbocycles. The molecule has 2 N–H and O–H groups in total. The van der Waals surface area contributed by atoms with Gasteiger partial charge in [-0.3, -0.25) is 48.4 Å². The first-order chi connectivity index (χ1) is 46.6. The molecule has 8 aromatic rings. The Hall–Kier alpha value is -10.3. The van der Waals surface area contributed by atoms with E-state index in [4.69, 9.17) is 18.9 Å². The number of nitrogens with one attached hydrogen (secondary N) is 2. The third-order valence-corrected chi connectivity index (χ3v) is 18.9. The van der Waals surface area contributed by atoms with E-state index in [1.54, 1.807) is 94.8 Å². The van der Waals surface area contributed by atoms with Gasteiger partial charge in [-0.15, -0.1) is 0 Å². The van der Waals surface area contributed by atoms with Gasteiger partial charge < -0.3 is 48.5 Å². The zero-order valence-corrected chi connectivity index (χ0v) is 55.8. The van der Waals surface area contributed by atoms with Crippen molar-refractivity contribution in [2.45, 2.75) is 63.7 Å². The number of methoxy groups -OCH3 is 4. The number of rotatable bonds is 24. The lowest BCUT2D eigenvalue weighted by atomic mass is 9.99. The van der Waals surface area contributed by atoms with Crippen molar-refractivity contribution in [1.82, 2.24) is 49.3 Å². The smallest absolute Gasteiger partial charge is 0.271 e. The molecule has 2 aromatic heterocycles. The average Bonchev–Trinajstić information content (AvgIpc) is 1.60. The molecule has 22 nitrogen and oxygen atoms in total. The van der Waals surface area contributed by atoms with Crippen molar-refractivity contribution in [3.05, 3.63) is 214 Å². The summed E-state index contributed by atoms with van der Waals surface area (Å²) in [6.45, 7) is 11.5. The highest BCUT2D eigenvalue weighted by atomic mass is 16.5. The predicted molar refractivity (Wildman–Crippen MR) is 365 cm³/mol. The van der Waals surface area contributed by atoms with E-state index >= 15 is 0 Å². The number of aryl methyl sites for hydroxylation is 2. The fraction of sp³-hybridized carbons (Fsp3) is 0.351. The minimum absolute atomic E-state index is 0.235. The van der Waals surface area contributed by atoms with Crippen molar-refractivity contribution in [3.63, 3.8) is 0 Å². The summed E-state index contributed by atoms with van der Waals surface area (Å²) in [6, 6.07) is 42.3. The summed E-state index contributed by atoms with van der Waals surface area (Å²) in [5, 5.41) is 5.84. The number of piperazine rings is 2. The van der Waals surface area contributed by atoms with E-state index < -0.39 is 12.1 Å². The second-order valence-electron chi connectivity index (χ2n) is 24.5. The molecule has 12 rings (SSSR count). The van der Waals surface area contributed by atoms with Crippen LogP contribution < -0.4 is 39.4 Å². The first kappa shape index (κ1) is 67.1. The number of fused-ring (bicyclic) bond motifs is 2. The zero-order valence-electron chi connectivity index (χ0n) is 55.8. The van der Waals surface area contributed by atoms with Gasteiger partial charge in [0.05, 0.1) is 93.0 Å². The van der Waals surface area contributed by atoms with Crippen molar-refractivity contribution in [2.24, 2.45) is 14.1 Å². The number of anilines is 2. The molecule has 6 amide bonds. The first-order valence-corrected chi connectivity index (χ1v) is 32.7. The Labute approximate surface area is 560 Å². The molecule has 500 valence electrons. The van der Waals surface area contributed by atoms with Crippen molar-refractivity contribution in [2.75, 3.05) is 104 Å². The third kappa shape index (κ3) is 14.2. The third-order valence-electron chi connectivity index (χ3n) is 18.9. The summed E-state index contributed by atoms with van der Waals surface area (Å²) in [5.41, 5.74) is 8.10. The van der Waals surface area contributed by atoms with Crippen LogP contribution in [0.2, 0.25) is 0 Å². The van der Waals surface area contributed by atoms with Crippen molar-refractivity contribution in [3.8, 4) is 23.0 Å². The molecule has 0 saturated carbocycles. The molecular formula is C74H84N12O10. The number of carbonyl (C=O) groups is 6. The minimum atomic E-state index is -0.597. The van der Waals surface area contributed by atoms with Crippen LogP contribution in [0.4, 0.5) is 11.4 Å². The van der Waals surface area contributed by atoms with Gasteiger partial charge in [-0.1, -0.05) is 84.9 Å². The molecule has 6 heterocycles. The van der Waals surface area contributed by atoms with Crippen LogP contribution >= 0.6 is 0 Å². The normalized spacial score (nSPS) is 16.1. The maximum atomic E-state index is 14.4. The van der Waals surface area contributed by atoms with Crippen molar-refractivity contribution in [1.29, 1.82) is 0 Å². The highest BCUT2D eigenvalue weighted by Gasteiger charge is 2.45. The van der Waals surface area contributed by atoms with E-state index in [9.17, 15) is 28.8 Å². The summed E-state index contributed by atoms with van der Waals surface area (Å²) in [4.78, 5) is 103. The van der Waals surface area contributed by atoms with Gasteiger partial charge in [0.1, 0.15) is 11.4 Å². The molecule has 0 aliphatic carbocycles. The molecule has 96 heavy (non-hydrogen) atoms. The summed E-state index contributed by atoms with van der Waals surface area (Å²) in [6.07, 6.45) is 8.20. The largest absolute Gasteiger partial charge is 0.493 e. The van der Waals surface area contributed by atoms with Crippen LogP contribution in [0.3, 0.4) is 0 Å². The lowest BCUT2D eigenvalue weighted by Crippen LogP contribution is -2.47. The molecule has 0 radical (unpaired) electrons. The Bertz CT molecular complexity index is 4090. The Morgan fingerprint density at radius 2 is 0.927 bits per heavy atom. The van der Waals surface area contributed by atoms with Gasteiger partial charge in [0.2, 0.25) is 0 Å². The minimum Gasteiger partial charge on any atom is -0.493 e. The maximum Gasteiger partial charge on any atom is 0.271 e. The van der Waals surface area contributed by atoms with E-state index in [0.717, 1.165) is 74.9 Å². The van der Waals surface area contributed by atoms with E-state index in [-0.39, 0.29) is 47.5 Å². The molecule has 0 bridgehead atoms. The Morgan fingerprint density at radius 3 is 1.32 bits per heavy atom. The van der Waals surface area contributed by atoms with E-state index in [0.29, 0.717) is 95.4 Å². The van der Waals surface area contributed by atoms with Crippen LogP contribution in [-0.2, 0) is 14.1 Å². The molecule has 2 fully saturated rings. The molecule has 4 aliphatic rings. The van der Waals surface area contributed by atoms with Gasteiger partial charge in [-0.2, -0.15) is 0 Å². The average molecular weight is 1300 g/mol. The number of hydrogen-bond donors (Lipinski definition) is 2. The summed E-state index contributed by atoms with van der Waals surface area (Å²) in [7, 11) is 9.80. The molecular weight excluding hydrogens is 1220 g/mol. The highest BCUT2D eigenvalue weighted by molar-refractivity contribution is 6.25. The van der Waals surface area contributed by atoms with Crippen LogP contribution in [0.1, 0.15) is 148 Å². The fourth-order valence-corrected chi connectivity index (χ4v) is 13.5. The van der Waals surface area contributed by atoms with Crippen LogP contribution in [-0.4, -0.2) is 168 Å². The van der Waals surface area contributed by atoms with Crippen LogP contribution in [0.25, 0.3) is 0 Å². The molecule has 4 atom stereocenters. The topological polar surface area (TPSA) is 218 Å².